The monoisotopic (exact) mass is 386 g/mol. The number of ether oxygens (including phenoxy) is 2. The summed E-state index contributed by atoms with van der Waals surface area (Å²) in [5, 5.41) is 0.746. The summed E-state index contributed by atoms with van der Waals surface area (Å²) in [6.07, 6.45) is 0.704. The van der Waals surface area contributed by atoms with Gasteiger partial charge in [-0.25, -0.2) is 9.59 Å². The highest BCUT2D eigenvalue weighted by Crippen LogP contribution is 2.22. The summed E-state index contributed by atoms with van der Waals surface area (Å²) in [5.41, 5.74) is 2.04. The fourth-order valence-electron chi connectivity index (χ4n) is 3.01. The highest BCUT2D eigenvalue weighted by Gasteiger charge is 2.10. The number of carbonyl (C=O) groups is 1. The zero-order valence-corrected chi connectivity index (χ0v) is 15.5. The molecule has 0 saturated heterocycles. The van der Waals surface area contributed by atoms with Crippen LogP contribution in [0.2, 0.25) is 0 Å². The van der Waals surface area contributed by atoms with Crippen molar-refractivity contribution in [2.24, 2.45) is 0 Å². The van der Waals surface area contributed by atoms with Gasteiger partial charge in [0.1, 0.15) is 17.1 Å². The summed E-state index contributed by atoms with van der Waals surface area (Å²) >= 11 is 0. The Morgan fingerprint density at radius 3 is 2.48 bits per heavy atom. The van der Waals surface area contributed by atoms with Crippen LogP contribution in [-0.4, -0.2) is 12.6 Å². The number of para-hydroxylation sites is 1. The molecule has 0 amide bonds. The molecule has 5 heteroatoms. The number of hydrogen-bond acceptors (Lipinski definition) is 5. The largest absolute Gasteiger partial charge is 0.482 e. The molecule has 0 radical (unpaired) electrons. The minimum Gasteiger partial charge on any atom is -0.482 e. The Balaban J connectivity index is 1.42. The van der Waals surface area contributed by atoms with E-state index >= 15 is 0 Å². The fraction of sp³-hybridized carbons (Fsp3) is 0.0833. The lowest BCUT2D eigenvalue weighted by Gasteiger charge is -2.11. The maximum absolute atomic E-state index is 12.2. The third-order valence-corrected chi connectivity index (χ3v) is 4.38. The molecule has 29 heavy (non-hydrogen) atoms. The molecule has 5 nitrogen and oxygen atoms in total. The number of esters is 1. The molecule has 0 bridgehead atoms. The van der Waals surface area contributed by atoms with Gasteiger partial charge in [-0.1, -0.05) is 48.5 Å². The lowest BCUT2D eigenvalue weighted by molar-refractivity contribution is -0.136. The average molecular weight is 386 g/mol. The van der Waals surface area contributed by atoms with Gasteiger partial charge < -0.3 is 13.9 Å². The van der Waals surface area contributed by atoms with Gasteiger partial charge in [-0.15, -0.1) is 0 Å². The van der Waals surface area contributed by atoms with Gasteiger partial charge in [0.25, 0.3) is 0 Å². The van der Waals surface area contributed by atoms with E-state index in [1.165, 1.54) is 12.1 Å². The Morgan fingerprint density at radius 1 is 0.862 bits per heavy atom. The predicted molar refractivity (Wildman–Crippen MR) is 109 cm³/mol. The molecule has 144 valence electrons. The molecule has 0 atom stereocenters. The van der Waals surface area contributed by atoms with Crippen molar-refractivity contribution in [2.45, 2.75) is 6.42 Å². The van der Waals surface area contributed by atoms with Crippen molar-refractivity contribution < 1.29 is 18.7 Å². The van der Waals surface area contributed by atoms with Crippen LogP contribution in [0.15, 0.2) is 94.1 Å². The van der Waals surface area contributed by atoms with Gasteiger partial charge in [-0.3, -0.25) is 0 Å². The first kappa shape index (κ1) is 18.5. The molecule has 0 spiro atoms. The summed E-state index contributed by atoms with van der Waals surface area (Å²) in [7, 11) is 0. The highest BCUT2D eigenvalue weighted by molar-refractivity contribution is 5.80. The van der Waals surface area contributed by atoms with Crippen molar-refractivity contribution in [1.29, 1.82) is 0 Å². The van der Waals surface area contributed by atoms with Crippen molar-refractivity contribution in [3.8, 4) is 11.5 Å². The van der Waals surface area contributed by atoms with Gasteiger partial charge in [0, 0.05) is 23.9 Å². The van der Waals surface area contributed by atoms with E-state index in [-0.39, 0.29) is 12.4 Å². The fourth-order valence-corrected chi connectivity index (χ4v) is 3.01. The van der Waals surface area contributed by atoms with Gasteiger partial charge in [0.15, 0.2) is 6.61 Å². The van der Waals surface area contributed by atoms with Gasteiger partial charge >= 0.3 is 11.6 Å². The molecule has 0 aliphatic heterocycles. The molecule has 0 saturated carbocycles. The van der Waals surface area contributed by atoms with Crippen LogP contribution < -0.4 is 15.1 Å². The number of carbonyl (C=O) groups excluding carboxylic acids is 1. The van der Waals surface area contributed by atoms with E-state index in [1.807, 2.05) is 54.6 Å². The number of benzene rings is 3. The van der Waals surface area contributed by atoms with Crippen LogP contribution >= 0.6 is 0 Å². The first-order chi connectivity index (χ1) is 14.2. The maximum atomic E-state index is 12.2. The van der Waals surface area contributed by atoms with Gasteiger partial charge in [-0.05, 0) is 35.4 Å². The zero-order valence-electron chi connectivity index (χ0n) is 15.5. The second-order valence-corrected chi connectivity index (χ2v) is 6.49. The summed E-state index contributed by atoms with van der Waals surface area (Å²) < 4.78 is 16.1. The van der Waals surface area contributed by atoms with Crippen molar-refractivity contribution in [3.63, 3.8) is 0 Å². The van der Waals surface area contributed by atoms with E-state index in [1.54, 1.807) is 18.2 Å². The Kier molecular flexibility index (Phi) is 5.38. The van der Waals surface area contributed by atoms with E-state index < -0.39 is 11.6 Å². The second kappa shape index (κ2) is 8.44. The molecule has 0 aliphatic carbocycles. The molecule has 3 aromatic carbocycles. The number of rotatable bonds is 6. The van der Waals surface area contributed by atoms with E-state index in [9.17, 15) is 9.59 Å². The first-order valence-electron chi connectivity index (χ1n) is 9.16. The van der Waals surface area contributed by atoms with Gasteiger partial charge in [0.05, 0.1) is 0 Å². The normalized spacial score (nSPS) is 10.6. The van der Waals surface area contributed by atoms with Crippen molar-refractivity contribution >= 4 is 16.9 Å². The summed E-state index contributed by atoms with van der Waals surface area (Å²) in [6.45, 7) is -0.234. The predicted octanol–water partition coefficient (Wildman–Crippen LogP) is 4.37. The third-order valence-electron chi connectivity index (χ3n) is 4.38. The van der Waals surface area contributed by atoms with E-state index in [0.717, 1.165) is 16.5 Å². The second-order valence-electron chi connectivity index (χ2n) is 6.49. The Morgan fingerprint density at radius 2 is 1.62 bits per heavy atom. The number of fused-ring (bicyclic) bond motifs is 1. The molecule has 1 heterocycles. The standard InChI is InChI=1S/C24H18O5/c25-23-13-11-18-10-12-20(15-22(18)29-23)28-24(26)16-27-21-9-5-4-8-19(21)14-17-6-2-1-3-7-17/h1-13,15H,14,16H2. The minimum absolute atomic E-state index is 0.234. The molecule has 4 aromatic rings. The average Bonchev–Trinajstić information content (AvgIpc) is 2.73. The topological polar surface area (TPSA) is 65.7 Å². The molecule has 4 rings (SSSR count). The molecular weight excluding hydrogens is 368 g/mol. The van der Waals surface area contributed by atoms with E-state index in [2.05, 4.69) is 0 Å². The zero-order chi connectivity index (χ0) is 20.1. The third kappa shape index (κ3) is 4.71. The van der Waals surface area contributed by atoms with Crippen LogP contribution in [-0.2, 0) is 11.2 Å². The molecule has 0 fully saturated rings. The van der Waals surface area contributed by atoms with Crippen LogP contribution in [0.4, 0.5) is 0 Å². The number of hydrogen-bond donors (Lipinski definition) is 0. The van der Waals surface area contributed by atoms with Crippen LogP contribution in [0.1, 0.15) is 11.1 Å². The molecule has 1 aromatic heterocycles. The van der Waals surface area contributed by atoms with Crippen LogP contribution in [0.5, 0.6) is 11.5 Å². The van der Waals surface area contributed by atoms with Crippen molar-refractivity contribution in [1.82, 2.24) is 0 Å². The van der Waals surface area contributed by atoms with Crippen LogP contribution in [0.3, 0.4) is 0 Å². The van der Waals surface area contributed by atoms with Gasteiger partial charge in [0.2, 0.25) is 0 Å². The smallest absolute Gasteiger partial charge is 0.349 e. The van der Waals surface area contributed by atoms with E-state index in [4.69, 9.17) is 13.9 Å². The van der Waals surface area contributed by atoms with Gasteiger partial charge in [-0.2, -0.15) is 0 Å². The molecule has 0 N–H and O–H groups in total. The van der Waals surface area contributed by atoms with Crippen LogP contribution in [0, 0.1) is 0 Å². The quantitative estimate of drug-likeness (QED) is 0.280. The lowest BCUT2D eigenvalue weighted by atomic mass is 10.0. The Bertz CT molecular complexity index is 1190. The van der Waals surface area contributed by atoms with Crippen molar-refractivity contribution in [2.75, 3.05) is 6.61 Å². The van der Waals surface area contributed by atoms with E-state index in [0.29, 0.717) is 17.8 Å². The molecule has 0 aliphatic rings. The van der Waals surface area contributed by atoms with Crippen LogP contribution in [0.25, 0.3) is 11.0 Å². The first-order valence-corrected chi connectivity index (χ1v) is 9.16. The minimum atomic E-state index is -0.544. The Labute approximate surface area is 167 Å². The Hall–Kier alpha value is -3.86. The lowest BCUT2D eigenvalue weighted by Crippen LogP contribution is -2.18. The SMILES string of the molecule is O=C(COc1ccccc1Cc1ccccc1)Oc1ccc2ccc(=O)oc2c1. The summed E-state index contributed by atoms with van der Waals surface area (Å²) in [6, 6.07) is 25.5. The molecular formula is C24H18O5. The molecule has 0 unspecified atom stereocenters. The maximum Gasteiger partial charge on any atom is 0.349 e. The summed E-state index contributed by atoms with van der Waals surface area (Å²) in [4.78, 5) is 23.6. The summed E-state index contributed by atoms with van der Waals surface area (Å²) in [5.74, 6) is 0.382. The van der Waals surface area contributed by atoms with Crippen molar-refractivity contribution in [3.05, 3.63) is 106 Å². The highest BCUT2D eigenvalue weighted by atomic mass is 16.6.